The number of carbonyl (C=O) groups is 1. The second-order valence-electron chi connectivity index (χ2n) is 4.57. The van der Waals surface area contributed by atoms with E-state index in [1.165, 1.54) is 0 Å². The van der Waals surface area contributed by atoms with Crippen LogP contribution >= 0.6 is 0 Å². The van der Waals surface area contributed by atoms with Crippen LogP contribution < -0.4 is 0 Å². The first kappa shape index (κ1) is 11.2. The standard InChI is InChI=1S/C12H17NO3/c1-8-6-13(7-10(8)12(14)15)9(2)11-4-3-5-16-11/h3-5,8-10H,6-7H2,1-2H3,(H,14,15). The molecule has 3 unspecified atom stereocenters. The van der Waals surface area contributed by atoms with E-state index in [9.17, 15) is 4.79 Å². The van der Waals surface area contributed by atoms with Crippen molar-refractivity contribution in [3.8, 4) is 0 Å². The van der Waals surface area contributed by atoms with E-state index in [0.29, 0.717) is 6.54 Å². The van der Waals surface area contributed by atoms with Crippen molar-refractivity contribution in [3.05, 3.63) is 24.2 Å². The molecular weight excluding hydrogens is 206 g/mol. The summed E-state index contributed by atoms with van der Waals surface area (Å²) >= 11 is 0. The molecule has 1 aliphatic heterocycles. The second kappa shape index (κ2) is 4.29. The number of hydrogen-bond donors (Lipinski definition) is 1. The zero-order valence-corrected chi connectivity index (χ0v) is 9.59. The zero-order valence-electron chi connectivity index (χ0n) is 9.59. The minimum absolute atomic E-state index is 0.154. The first-order chi connectivity index (χ1) is 7.59. The third-order valence-electron chi connectivity index (χ3n) is 3.46. The topological polar surface area (TPSA) is 53.7 Å². The molecule has 1 aromatic rings. The molecule has 1 N–H and O–H groups in total. The summed E-state index contributed by atoms with van der Waals surface area (Å²) < 4.78 is 5.35. The van der Waals surface area contributed by atoms with E-state index in [1.54, 1.807) is 6.26 Å². The minimum Gasteiger partial charge on any atom is -0.481 e. The highest BCUT2D eigenvalue weighted by Crippen LogP contribution is 2.30. The van der Waals surface area contributed by atoms with Crippen molar-refractivity contribution in [2.75, 3.05) is 13.1 Å². The maximum absolute atomic E-state index is 11.0. The first-order valence-corrected chi connectivity index (χ1v) is 5.60. The highest BCUT2D eigenvalue weighted by Gasteiger charge is 2.37. The summed E-state index contributed by atoms with van der Waals surface area (Å²) in [7, 11) is 0. The summed E-state index contributed by atoms with van der Waals surface area (Å²) in [5, 5.41) is 9.06. The molecule has 0 spiro atoms. The van der Waals surface area contributed by atoms with Gasteiger partial charge in [0, 0.05) is 13.1 Å². The zero-order chi connectivity index (χ0) is 11.7. The van der Waals surface area contributed by atoms with Crippen LogP contribution in [0.4, 0.5) is 0 Å². The molecule has 2 rings (SSSR count). The van der Waals surface area contributed by atoms with Gasteiger partial charge in [0.15, 0.2) is 0 Å². The molecular formula is C12H17NO3. The number of likely N-dealkylation sites (tertiary alicyclic amines) is 1. The van der Waals surface area contributed by atoms with Crippen molar-refractivity contribution >= 4 is 5.97 Å². The van der Waals surface area contributed by atoms with Gasteiger partial charge >= 0.3 is 5.97 Å². The summed E-state index contributed by atoms with van der Waals surface area (Å²) in [5.41, 5.74) is 0. The third kappa shape index (κ3) is 1.97. The summed E-state index contributed by atoms with van der Waals surface area (Å²) in [4.78, 5) is 13.2. The average molecular weight is 223 g/mol. The molecule has 0 aliphatic carbocycles. The Morgan fingerprint density at radius 2 is 2.38 bits per heavy atom. The number of rotatable bonds is 3. The number of aliphatic carboxylic acids is 1. The Morgan fingerprint density at radius 1 is 1.62 bits per heavy atom. The first-order valence-electron chi connectivity index (χ1n) is 5.60. The average Bonchev–Trinajstić information content (AvgIpc) is 2.84. The molecule has 0 saturated carbocycles. The van der Waals surface area contributed by atoms with E-state index < -0.39 is 5.97 Å². The fourth-order valence-corrected chi connectivity index (χ4v) is 2.35. The molecule has 1 aliphatic rings. The highest BCUT2D eigenvalue weighted by atomic mass is 16.4. The van der Waals surface area contributed by atoms with Crippen LogP contribution in [0.2, 0.25) is 0 Å². The Bertz CT molecular complexity index is 360. The SMILES string of the molecule is CC1CN(C(C)c2ccco2)CC1C(=O)O. The quantitative estimate of drug-likeness (QED) is 0.851. The van der Waals surface area contributed by atoms with Gasteiger partial charge < -0.3 is 9.52 Å². The number of carboxylic acid groups (broad SMARTS) is 1. The monoisotopic (exact) mass is 223 g/mol. The second-order valence-corrected chi connectivity index (χ2v) is 4.57. The van der Waals surface area contributed by atoms with E-state index in [2.05, 4.69) is 11.8 Å². The van der Waals surface area contributed by atoms with Gasteiger partial charge in [-0.3, -0.25) is 9.69 Å². The number of nitrogens with zero attached hydrogens (tertiary/aromatic N) is 1. The van der Waals surface area contributed by atoms with Crippen LogP contribution in [0.15, 0.2) is 22.8 Å². The fourth-order valence-electron chi connectivity index (χ4n) is 2.35. The van der Waals surface area contributed by atoms with Gasteiger partial charge in [0.2, 0.25) is 0 Å². The molecule has 2 heterocycles. The Balaban J connectivity index is 2.05. The molecule has 1 fully saturated rings. The van der Waals surface area contributed by atoms with Gasteiger partial charge in [0.05, 0.1) is 18.2 Å². The molecule has 3 atom stereocenters. The van der Waals surface area contributed by atoms with Crippen molar-refractivity contribution in [2.24, 2.45) is 11.8 Å². The van der Waals surface area contributed by atoms with Gasteiger partial charge in [-0.25, -0.2) is 0 Å². The van der Waals surface area contributed by atoms with Gasteiger partial charge in [-0.1, -0.05) is 6.92 Å². The molecule has 0 radical (unpaired) electrons. The molecule has 4 heteroatoms. The predicted molar refractivity (Wildman–Crippen MR) is 59.0 cm³/mol. The van der Waals surface area contributed by atoms with Crippen LogP contribution in [0.3, 0.4) is 0 Å². The van der Waals surface area contributed by atoms with Crippen LogP contribution in [0.5, 0.6) is 0 Å². The highest BCUT2D eigenvalue weighted by molar-refractivity contribution is 5.71. The van der Waals surface area contributed by atoms with E-state index >= 15 is 0 Å². The maximum atomic E-state index is 11.0. The van der Waals surface area contributed by atoms with Crippen molar-refractivity contribution in [2.45, 2.75) is 19.9 Å². The molecule has 1 saturated heterocycles. The normalized spacial score (nSPS) is 28.1. The van der Waals surface area contributed by atoms with E-state index in [-0.39, 0.29) is 17.9 Å². The molecule has 0 aromatic carbocycles. The number of hydrogen-bond acceptors (Lipinski definition) is 3. The van der Waals surface area contributed by atoms with Crippen molar-refractivity contribution < 1.29 is 14.3 Å². The predicted octanol–water partition coefficient (Wildman–Crippen LogP) is 1.99. The van der Waals surface area contributed by atoms with Gasteiger partial charge in [-0.2, -0.15) is 0 Å². The summed E-state index contributed by atoms with van der Waals surface area (Å²) in [5.74, 6) is 0.159. The summed E-state index contributed by atoms with van der Waals surface area (Å²) in [6.07, 6.45) is 1.65. The Labute approximate surface area is 94.9 Å². The van der Waals surface area contributed by atoms with Crippen LogP contribution in [-0.4, -0.2) is 29.1 Å². The van der Waals surface area contributed by atoms with Crippen LogP contribution in [-0.2, 0) is 4.79 Å². The lowest BCUT2D eigenvalue weighted by Crippen LogP contribution is -2.26. The molecule has 0 bridgehead atoms. The van der Waals surface area contributed by atoms with E-state index in [1.807, 2.05) is 19.1 Å². The lowest BCUT2D eigenvalue weighted by atomic mass is 9.99. The minimum atomic E-state index is -0.693. The molecule has 4 nitrogen and oxygen atoms in total. The van der Waals surface area contributed by atoms with Gasteiger partial charge in [0.1, 0.15) is 5.76 Å². The fraction of sp³-hybridized carbons (Fsp3) is 0.583. The largest absolute Gasteiger partial charge is 0.481 e. The maximum Gasteiger partial charge on any atom is 0.308 e. The van der Waals surface area contributed by atoms with Crippen LogP contribution in [0.1, 0.15) is 25.6 Å². The smallest absolute Gasteiger partial charge is 0.308 e. The van der Waals surface area contributed by atoms with Crippen molar-refractivity contribution in [1.29, 1.82) is 0 Å². The summed E-state index contributed by atoms with van der Waals surface area (Å²) in [6, 6.07) is 3.95. The van der Waals surface area contributed by atoms with E-state index in [0.717, 1.165) is 12.3 Å². The van der Waals surface area contributed by atoms with Gasteiger partial charge in [-0.05, 0) is 25.0 Å². The van der Waals surface area contributed by atoms with Gasteiger partial charge in [0.25, 0.3) is 0 Å². The van der Waals surface area contributed by atoms with E-state index in [4.69, 9.17) is 9.52 Å². The van der Waals surface area contributed by atoms with Crippen molar-refractivity contribution in [3.63, 3.8) is 0 Å². The van der Waals surface area contributed by atoms with Crippen LogP contribution in [0, 0.1) is 11.8 Å². The number of furan rings is 1. The summed E-state index contributed by atoms with van der Waals surface area (Å²) in [6.45, 7) is 5.47. The number of carboxylic acids is 1. The lowest BCUT2D eigenvalue weighted by molar-refractivity contribution is -0.142. The third-order valence-corrected chi connectivity index (χ3v) is 3.46. The van der Waals surface area contributed by atoms with Crippen LogP contribution in [0.25, 0.3) is 0 Å². The van der Waals surface area contributed by atoms with Crippen molar-refractivity contribution in [1.82, 2.24) is 4.90 Å². The molecule has 0 amide bonds. The van der Waals surface area contributed by atoms with Gasteiger partial charge in [-0.15, -0.1) is 0 Å². The molecule has 16 heavy (non-hydrogen) atoms. The lowest BCUT2D eigenvalue weighted by Gasteiger charge is -2.22. The molecule has 88 valence electrons. The Morgan fingerprint density at radius 3 is 2.88 bits per heavy atom. The Hall–Kier alpha value is -1.29. The molecule has 1 aromatic heterocycles. The Kier molecular flexibility index (Phi) is 3.01.